The molecule has 0 heterocycles. The van der Waals surface area contributed by atoms with Gasteiger partial charge in [-0.25, -0.2) is 13.1 Å². The first-order valence-electron chi connectivity index (χ1n) is 7.44. The lowest BCUT2D eigenvalue weighted by atomic mass is 10.1. The maximum Gasteiger partial charge on any atom is 0.242 e. The van der Waals surface area contributed by atoms with Crippen molar-refractivity contribution in [2.24, 2.45) is 0 Å². The van der Waals surface area contributed by atoms with Crippen LogP contribution in [-0.2, 0) is 10.0 Å². The Hall–Kier alpha value is -2.05. The monoisotopic (exact) mass is 334 g/mol. The molecule has 0 aromatic heterocycles. The molecule has 0 saturated carbocycles. The number of aryl methyl sites for hydroxylation is 2. The minimum Gasteiger partial charge on any atom is -0.493 e. The van der Waals surface area contributed by atoms with Gasteiger partial charge in [-0.2, -0.15) is 0 Å². The highest BCUT2D eigenvalue weighted by atomic mass is 32.2. The van der Waals surface area contributed by atoms with Crippen LogP contribution in [0.5, 0.6) is 5.75 Å². The van der Waals surface area contributed by atoms with Crippen LogP contribution in [0, 0.1) is 13.8 Å². The molecule has 0 aliphatic carbocycles. The topological polar surface area (TPSA) is 81.4 Å². The van der Waals surface area contributed by atoms with Gasteiger partial charge in [0.15, 0.2) is 0 Å². The van der Waals surface area contributed by atoms with Crippen molar-refractivity contribution in [2.75, 3.05) is 18.9 Å². The van der Waals surface area contributed by atoms with Crippen molar-refractivity contribution in [3.8, 4) is 5.75 Å². The molecule has 2 aromatic rings. The quantitative estimate of drug-likeness (QED) is 0.602. The normalized spacial score (nSPS) is 11.4. The maximum absolute atomic E-state index is 12.1. The summed E-state index contributed by atoms with van der Waals surface area (Å²) in [4.78, 5) is 0.107. The van der Waals surface area contributed by atoms with E-state index in [1.807, 2.05) is 26.0 Å². The summed E-state index contributed by atoms with van der Waals surface area (Å²) >= 11 is 0. The smallest absolute Gasteiger partial charge is 0.242 e. The Balaban J connectivity index is 1.82. The standard InChI is InChI=1S/C17H22N2O3S/c1-13-8-9-16(14(2)12-13)22-11-5-10-19-23(20,21)17-7-4-3-6-15(17)18/h3-4,6-9,12,19H,5,10-11,18H2,1-2H3. The van der Waals surface area contributed by atoms with Gasteiger partial charge in [0.2, 0.25) is 10.0 Å². The zero-order valence-corrected chi connectivity index (χ0v) is 14.2. The van der Waals surface area contributed by atoms with Crippen LogP contribution in [0.15, 0.2) is 47.4 Å². The Labute approximate surface area is 137 Å². The van der Waals surface area contributed by atoms with Gasteiger partial charge < -0.3 is 10.5 Å². The van der Waals surface area contributed by atoms with Gasteiger partial charge in [0, 0.05) is 6.54 Å². The molecule has 2 aromatic carbocycles. The van der Waals surface area contributed by atoms with Gasteiger partial charge in [-0.1, -0.05) is 29.8 Å². The lowest BCUT2D eigenvalue weighted by Crippen LogP contribution is -2.26. The number of nitrogens with one attached hydrogen (secondary N) is 1. The Morgan fingerprint density at radius 2 is 1.87 bits per heavy atom. The van der Waals surface area contributed by atoms with Crippen molar-refractivity contribution >= 4 is 15.7 Å². The molecular formula is C17H22N2O3S. The highest BCUT2D eigenvalue weighted by Gasteiger charge is 2.15. The molecule has 0 radical (unpaired) electrons. The fraction of sp³-hybridized carbons (Fsp3) is 0.294. The summed E-state index contributed by atoms with van der Waals surface area (Å²) in [5.41, 5.74) is 8.20. The van der Waals surface area contributed by atoms with Crippen molar-refractivity contribution in [1.82, 2.24) is 4.72 Å². The average Bonchev–Trinajstić information content (AvgIpc) is 2.49. The fourth-order valence-electron chi connectivity index (χ4n) is 2.23. The van der Waals surface area contributed by atoms with Crippen molar-refractivity contribution < 1.29 is 13.2 Å². The summed E-state index contributed by atoms with van der Waals surface area (Å²) in [5.74, 6) is 0.825. The summed E-state index contributed by atoms with van der Waals surface area (Å²) in [5, 5.41) is 0. The minimum atomic E-state index is -3.58. The van der Waals surface area contributed by atoms with Crippen molar-refractivity contribution in [3.05, 3.63) is 53.6 Å². The molecule has 5 nitrogen and oxygen atoms in total. The molecule has 3 N–H and O–H groups in total. The van der Waals surface area contributed by atoms with E-state index in [4.69, 9.17) is 10.5 Å². The fourth-order valence-corrected chi connectivity index (χ4v) is 3.43. The van der Waals surface area contributed by atoms with E-state index < -0.39 is 10.0 Å². The first-order chi connectivity index (χ1) is 10.9. The van der Waals surface area contributed by atoms with E-state index in [1.165, 1.54) is 11.6 Å². The molecule has 2 rings (SSSR count). The number of sulfonamides is 1. The first-order valence-corrected chi connectivity index (χ1v) is 8.93. The summed E-state index contributed by atoms with van der Waals surface area (Å²) in [6.45, 7) is 4.75. The molecule has 0 saturated heterocycles. The van der Waals surface area contributed by atoms with E-state index in [0.717, 1.165) is 11.3 Å². The van der Waals surface area contributed by atoms with Crippen LogP contribution in [-0.4, -0.2) is 21.6 Å². The predicted octanol–water partition coefficient (Wildman–Crippen LogP) is 2.63. The van der Waals surface area contributed by atoms with E-state index >= 15 is 0 Å². The average molecular weight is 334 g/mol. The van der Waals surface area contributed by atoms with E-state index in [9.17, 15) is 8.42 Å². The Kier molecular flexibility index (Phi) is 5.63. The molecule has 6 heteroatoms. The summed E-state index contributed by atoms with van der Waals surface area (Å²) in [7, 11) is -3.58. The van der Waals surface area contributed by atoms with E-state index in [1.54, 1.807) is 18.2 Å². The molecule has 0 spiro atoms. The maximum atomic E-state index is 12.1. The van der Waals surface area contributed by atoms with E-state index in [0.29, 0.717) is 19.6 Å². The molecule has 23 heavy (non-hydrogen) atoms. The van der Waals surface area contributed by atoms with Crippen LogP contribution in [0.25, 0.3) is 0 Å². The predicted molar refractivity (Wildman–Crippen MR) is 92.1 cm³/mol. The van der Waals surface area contributed by atoms with E-state index in [2.05, 4.69) is 10.8 Å². The number of para-hydroxylation sites is 1. The summed E-state index contributed by atoms with van der Waals surface area (Å²) < 4.78 is 32.5. The lowest BCUT2D eigenvalue weighted by Gasteiger charge is -2.11. The Morgan fingerprint density at radius 3 is 2.57 bits per heavy atom. The Morgan fingerprint density at radius 1 is 1.13 bits per heavy atom. The van der Waals surface area contributed by atoms with Crippen molar-refractivity contribution in [2.45, 2.75) is 25.2 Å². The van der Waals surface area contributed by atoms with Gasteiger partial charge in [-0.15, -0.1) is 0 Å². The molecule has 0 aliphatic heterocycles. The SMILES string of the molecule is Cc1ccc(OCCCNS(=O)(=O)c2ccccc2N)c(C)c1. The number of ether oxygens (including phenoxy) is 1. The lowest BCUT2D eigenvalue weighted by molar-refractivity contribution is 0.309. The van der Waals surface area contributed by atoms with Crippen LogP contribution >= 0.6 is 0 Å². The summed E-state index contributed by atoms with van der Waals surface area (Å²) in [6, 6.07) is 12.4. The zero-order valence-electron chi connectivity index (χ0n) is 13.4. The van der Waals surface area contributed by atoms with Crippen molar-refractivity contribution in [3.63, 3.8) is 0 Å². The number of benzene rings is 2. The number of nitrogen functional groups attached to an aromatic ring is 1. The van der Waals surface area contributed by atoms with Gasteiger partial charge in [-0.05, 0) is 44.0 Å². The van der Waals surface area contributed by atoms with Crippen LogP contribution < -0.4 is 15.2 Å². The van der Waals surface area contributed by atoms with Crippen LogP contribution in [0.2, 0.25) is 0 Å². The largest absolute Gasteiger partial charge is 0.493 e. The van der Waals surface area contributed by atoms with Gasteiger partial charge >= 0.3 is 0 Å². The van der Waals surface area contributed by atoms with Gasteiger partial charge in [-0.3, -0.25) is 0 Å². The molecule has 0 unspecified atom stereocenters. The van der Waals surface area contributed by atoms with Gasteiger partial charge in [0.25, 0.3) is 0 Å². The summed E-state index contributed by atoms with van der Waals surface area (Å²) in [6.07, 6.45) is 0.569. The second kappa shape index (κ2) is 7.48. The molecular weight excluding hydrogens is 312 g/mol. The molecule has 0 fully saturated rings. The Bertz CT molecular complexity index is 773. The van der Waals surface area contributed by atoms with Crippen LogP contribution in [0.3, 0.4) is 0 Å². The van der Waals surface area contributed by atoms with Crippen molar-refractivity contribution in [1.29, 1.82) is 0 Å². The number of anilines is 1. The molecule has 0 aliphatic rings. The van der Waals surface area contributed by atoms with Gasteiger partial charge in [0.05, 0.1) is 12.3 Å². The second-order valence-corrected chi connectivity index (χ2v) is 7.14. The molecule has 0 bridgehead atoms. The van der Waals surface area contributed by atoms with Gasteiger partial charge in [0.1, 0.15) is 10.6 Å². The number of hydrogen-bond acceptors (Lipinski definition) is 4. The zero-order chi connectivity index (χ0) is 16.9. The second-order valence-electron chi connectivity index (χ2n) is 5.41. The van der Waals surface area contributed by atoms with E-state index in [-0.39, 0.29) is 10.6 Å². The molecule has 124 valence electrons. The highest BCUT2D eigenvalue weighted by molar-refractivity contribution is 7.89. The highest BCUT2D eigenvalue weighted by Crippen LogP contribution is 2.19. The number of nitrogens with two attached hydrogens (primary N) is 1. The third kappa shape index (κ3) is 4.71. The van der Waals surface area contributed by atoms with Crippen LogP contribution in [0.1, 0.15) is 17.5 Å². The number of hydrogen-bond donors (Lipinski definition) is 2. The molecule has 0 atom stereocenters. The first kappa shape index (κ1) is 17.3. The molecule has 0 amide bonds. The minimum absolute atomic E-state index is 0.107. The van der Waals surface area contributed by atoms with Crippen LogP contribution in [0.4, 0.5) is 5.69 Å². The number of rotatable bonds is 7. The third-order valence-electron chi connectivity index (χ3n) is 3.41. The third-order valence-corrected chi connectivity index (χ3v) is 4.94.